The van der Waals surface area contributed by atoms with Gasteiger partial charge < -0.3 is 9.84 Å². The van der Waals surface area contributed by atoms with Gasteiger partial charge in [0.15, 0.2) is 17.2 Å². The maximum atomic E-state index is 13.6. The Labute approximate surface area is 140 Å². The van der Waals surface area contributed by atoms with Gasteiger partial charge in [-0.2, -0.15) is 0 Å². The van der Waals surface area contributed by atoms with Crippen LogP contribution >= 0.6 is 0 Å². The highest BCUT2D eigenvalue weighted by molar-refractivity contribution is 5.45. The molecule has 0 aliphatic carbocycles. The van der Waals surface area contributed by atoms with Crippen LogP contribution in [0.3, 0.4) is 0 Å². The van der Waals surface area contributed by atoms with E-state index in [-0.39, 0.29) is 5.75 Å². The van der Waals surface area contributed by atoms with E-state index in [9.17, 15) is 9.50 Å². The summed E-state index contributed by atoms with van der Waals surface area (Å²) in [6.07, 6.45) is 5.57. The Bertz CT molecular complexity index is 866. The van der Waals surface area contributed by atoms with Crippen molar-refractivity contribution in [3.05, 3.63) is 95.8 Å². The van der Waals surface area contributed by atoms with Crippen molar-refractivity contribution in [1.29, 1.82) is 0 Å². The molecule has 1 atom stereocenters. The maximum absolute atomic E-state index is 13.6. The predicted octanol–water partition coefficient (Wildman–Crippen LogP) is 4.49. The molecule has 1 unspecified atom stereocenters. The fourth-order valence-electron chi connectivity index (χ4n) is 2.43. The molecule has 0 bridgehead atoms. The summed E-state index contributed by atoms with van der Waals surface area (Å²) in [7, 11) is 0. The highest BCUT2D eigenvalue weighted by Crippen LogP contribution is 2.31. The Hall–Kier alpha value is -3.09. The van der Waals surface area contributed by atoms with Crippen LogP contribution in [0.1, 0.15) is 11.1 Å². The molecule has 24 heavy (non-hydrogen) atoms. The third kappa shape index (κ3) is 3.01. The first kappa shape index (κ1) is 15.8. The van der Waals surface area contributed by atoms with Crippen molar-refractivity contribution >= 4 is 0 Å². The van der Waals surface area contributed by atoms with Crippen LogP contribution in [0.5, 0.6) is 11.5 Å². The molecule has 0 saturated carbocycles. The van der Waals surface area contributed by atoms with Crippen molar-refractivity contribution < 1.29 is 14.2 Å². The van der Waals surface area contributed by atoms with E-state index in [1.807, 2.05) is 18.2 Å². The van der Waals surface area contributed by atoms with Gasteiger partial charge in [-0.15, -0.1) is 6.42 Å². The zero-order valence-corrected chi connectivity index (χ0v) is 12.8. The maximum Gasteiger partial charge on any atom is 0.176 e. The quantitative estimate of drug-likeness (QED) is 0.718. The highest BCUT2D eigenvalue weighted by atomic mass is 19.1. The second kappa shape index (κ2) is 6.57. The van der Waals surface area contributed by atoms with E-state index in [4.69, 9.17) is 11.2 Å². The number of rotatable bonds is 4. The second-order valence-electron chi connectivity index (χ2n) is 5.28. The Morgan fingerprint density at radius 3 is 2.04 bits per heavy atom. The third-order valence-electron chi connectivity index (χ3n) is 3.74. The molecule has 0 spiro atoms. The van der Waals surface area contributed by atoms with Crippen molar-refractivity contribution in [3.8, 4) is 23.8 Å². The molecule has 0 amide bonds. The first-order valence-electron chi connectivity index (χ1n) is 7.42. The average molecular weight is 318 g/mol. The first-order valence-corrected chi connectivity index (χ1v) is 7.42. The van der Waals surface area contributed by atoms with Crippen molar-refractivity contribution in [2.24, 2.45) is 0 Å². The van der Waals surface area contributed by atoms with Gasteiger partial charge in [0.05, 0.1) is 0 Å². The van der Waals surface area contributed by atoms with E-state index in [1.165, 1.54) is 6.07 Å². The number of ether oxygens (including phenoxy) is 1. The van der Waals surface area contributed by atoms with E-state index < -0.39 is 11.4 Å². The molecule has 0 saturated heterocycles. The smallest absolute Gasteiger partial charge is 0.176 e. The van der Waals surface area contributed by atoms with Gasteiger partial charge in [-0.3, -0.25) is 0 Å². The summed E-state index contributed by atoms with van der Waals surface area (Å²) in [5.74, 6) is 2.60. The fourth-order valence-corrected chi connectivity index (χ4v) is 2.43. The minimum Gasteiger partial charge on any atom is -0.454 e. The van der Waals surface area contributed by atoms with E-state index >= 15 is 0 Å². The number of hydrogen-bond donors (Lipinski definition) is 1. The topological polar surface area (TPSA) is 29.5 Å². The van der Waals surface area contributed by atoms with Crippen LogP contribution in [0.4, 0.5) is 4.39 Å². The number of terminal acetylenes is 1. The number of aliphatic hydroxyl groups is 1. The van der Waals surface area contributed by atoms with E-state index in [0.717, 1.165) is 0 Å². The van der Waals surface area contributed by atoms with Crippen LogP contribution in [0, 0.1) is 18.2 Å². The zero-order valence-electron chi connectivity index (χ0n) is 12.8. The highest BCUT2D eigenvalue weighted by Gasteiger charge is 2.28. The zero-order chi connectivity index (χ0) is 17.0. The summed E-state index contributed by atoms with van der Waals surface area (Å²) in [6, 6.07) is 21.8. The molecule has 0 radical (unpaired) electrons. The molecule has 3 heteroatoms. The Kier molecular flexibility index (Phi) is 4.33. The Morgan fingerprint density at radius 2 is 1.42 bits per heavy atom. The van der Waals surface area contributed by atoms with Crippen molar-refractivity contribution in [2.75, 3.05) is 0 Å². The van der Waals surface area contributed by atoms with Gasteiger partial charge in [-0.05, 0) is 24.3 Å². The van der Waals surface area contributed by atoms with Gasteiger partial charge in [-0.1, -0.05) is 60.5 Å². The summed E-state index contributed by atoms with van der Waals surface area (Å²) < 4.78 is 19.1. The second-order valence-corrected chi connectivity index (χ2v) is 5.28. The van der Waals surface area contributed by atoms with Gasteiger partial charge >= 0.3 is 0 Å². The van der Waals surface area contributed by atoms with Crippen molar-refractivity contribution in [2.45, 2.75) is 5.60 Å². The molecule has 3 rings (SSSR count). The molecule has 0 aliphatic heterocycles. The predicted molar refractivity (Wildman–Crippen MR) is 91.2 cm³/mol. The van der Waals surface area contributed by atoms with Crippen molar-refractivity contribution in [3.63, 3.8) is 0 Å². The number of benzene rings is 3. The third-order valence-corrected chi connectivity index (χ3v) is 3.74. The van der Waals surface area contributed by atoms with Gasteiger partial charge in [0.25, 0.3) is 0 Å². The van der Waals surface area contributed by atoms with Crippen LogP contribution in [0.15, 0.2) is 78.9 Å². The molecule has 0 aromatic heterocycles. The standard InChI is InChI=1S/C21H15FO2/c1-2-21(23,16-8-4-3-5-9-16)17-12-14-18(15-13-17)24-20-11-7-6-10-19(20)22/h1,3-15,23H. The summed E-state index contributed by atoms with van der Waals surface area (Å²) >= 11 is 0. The Balaban J connectivity index is 1.89. The molecule has 1 N–H and O–H groups in total. The lowest BCUT2D eigenvalue weighted by molar-refractivity contribution is 0.145. The normalized spacial score (nSPS) is 12.9. The minimum atomic E-state index is -1.53. The first-order chi connectivity index (χ1) is 11.6. The molecule has 3 aromatic rings. The largest absolute Gasteiger partial charge is 0.454 e. The Morgan fingerprint density at radius 1 is 0.833 bits per heavy atom. The molecular formula is C21H15FO2. The number of para-hydroxylation sites is 1. The molecular weight excluding hydrogens is 303 g/mol. The summed E-state index contributed by atoms with van der Waals surface area (Å²) in [5.41, 5.74) is -0.384. The van der Waals surface area contributed by atoms with Crippen LogP contribution in [-0.2, 0) is 5.60 Å². The van der Waals surface area contributed by atoms with E-state index in [0.29, 0.717) is 16.9 Å². The lowest BCUT2D eigenvalue weighted by Crippen LogP contribution is -2.24. The molecule has 2 nitrogen and oxygen atoms in total. The summed E-state index contributed by atoms with van der Waals surface area (Å²) in [4.78, 5) is 0. The van der Waals surface area contributed by atoms with Crippen LogP contribution < -0.4 is 4.74 Å². The molecule has 0 heterocycles. The van der Waals surface area contributed by atoms with Crippen LogP contribution in [0.2, 0.25) is 0 Å². The van der Waals surface area contributed by atoms with Gasteiger partial charge in [0, 0.05) is 11.1 Å². The minimum absolute atomic E-state index is 0.139. The van der Waals surface area contributed by atoms with Crippen molar-refractivity contribution in [1.82, 2.24) is 0 Å². The lowest BCUT2D eigenvalue weighted by atomic mass is 9.87. The number of halogens is 1. The molecule has 0 aliphatic rings. The van der Waals surface area contributed by atoms with Crippen LogP contribution in [0.25, 0.3) is 0 Å². The van der Waals surface area contributed by atoms with Gasteiger partial charge in [-0.25, -0.2) is 4.39 Å². The van der Waals surface area contributed by atoms with Crippen LogP contribution in [-0.4, -0.2) is 5.11 Å². The summed E-state index contributed by atoms with van der Waals surface area (Å²) in [6.45, 7) is 0. The SMILES string of the molecule is C#CC(O)(c1ccccc1)c1ccc(Oc2ccccc2F)cc1. The van der Waals surface area contributed by atoms with E-state index in [1.54, 1.807) is 54.6 Å². The molecule has 118 valence electrons. The average Bonchev–Trinajstić information content (AvgIpc) is 2.64. The van der Waals surface area contributed by atoms with Gasteiger partial charge in [0.1, 0.15) is 5.75 Å². The number of hydrogen-bond acceptors (Lipinski definition) is 2. The van der Waals surface area contributed by atoms with Gasteiger partial charge in [0.2, 0.25) is 0 Å². The monoisotopic (exact) mass is 318 g/mol. The fraction of sp³-hybridized carbons (Fsp3) is 0.0476. The lowest BCUT2D eigenvalue weighted by Gasteiger charge is -2.23. The van der Waals surface area contributed by atoms with E-state index in [2.05, 4.69) is 5.92 Å². The molecule has 0 fully saturated rings. The molecule has 3 aromatic carbocycles. The summed E-state index contributed by atoms with van der Waals surface area (Å²) in [5, 5.41) is 10.9.